The Balaban J connectivity index is 1.70. The van der Waals surface area contributed by atoms with Crippen LogP contribution in [0.25, 0.3) is 0 Å². The Hall–Kier alpha value is -3.13. The average molecular weight is 428 g/mol. The fraction of sp³-hybridized carbons (Fsp3) is 0.273. The molecule has 2 aromatic carbocycles. The summed E-state index contributed by atoms with van der Waals surface area (Å²) in [6.07, 6.45) is 2.96. The number of likely N-dealkylation sites (tertiary alicyclic amines) is 1. The maximum Gasteiger partial charge on any atom is 0.261 e. The summed E-state index contributed by atoms with van der Waals surface area (Å²) in [5.74, 6) is -0.442. The zero-order valence-electron chi connectivity index (χ0n) is 16.8. The molecule has 7 nitrogen and oxygen atoms in total. The fourth-order valence-corrected chi connectivity index (χ4v) is 4.41. The monoisotopic (exact) mass is 427 g/mol. The number of aryl methyl sites for hydroxylation is 1. The molecule has 1 saturated heterocycles. The number of hydrogen-bond acceptors (Lipinski definition) is 4. The van der Waals surface area contributed by atoms with E-state index >= 15 is 0 Å². The second kappa shape index (κ2) is 9.13. The van der Waals surface area contributed by atoms with Crippen LogP contribution in [0.5, 0.6) is 0 Å². The number of anilines is 1. The molecule has 0 radical (unpaired) electrons. The van der Waals surface area contributed by atoms with Crippen molar-refractivity contribution in [2.45, 2.75) is 30.7 Å². The van der Waals surface area contributed by atoms with Gasteiger partial charge in [0.1, 0.15) is 6.04 Å². The molecule has 1 unspecified atom stereocenters. The Labute approximate surface area is 176 Å². The predicted octanol–water partition coefficient (Wildman–Crippen LogP) is 2.70. The third-order valence-electron chi connectivity index (χ3n) is 4.95. The molecule has 1 fully saturated rings. The first-order valence-electron chi connectivity index (χ1n) is 9.71. The van der Waals surface area contributed by atoms with Crippen molar-refractivity contribution in [3.05, 3.63) is 72.3 Å². The summed E-state index contributed by atoms with van der Waals surface area (Å²) < 4.78 is 27.5. The molecule has 0 spiro atoms. The maximum atomic E-state index is 12.9. The van der Waals surface area contributed by atoms with Crippen LogP contribution in [0.3, 0.4) is 0 Å². The molecule has 0 bridgehead atoms. The van der Waals surface area contributed by atoms with Crippen molar-refractivity contribution in [1.82, 2.24) is 10.2 Å². The van der Waals surface area contributed by atoms with Crippen LogP contribution in [0.4, 0.5) is 5.69 Å². The Bertz CT molecular complexity index is 1030. The van der Waals surface area contributed by atoms with Gasteiger partial charge in [0.05, 0.1) is 4.90 Å². The average Bonchev–Trinajstić information content (AvgIpc) is 3.22. The summed E-state index contributed by atoms with van der Waals surface area (Å²) >= 11 is 0. The maximum absolute atomic E-state index is 12.9. The SMILES string of the molecule is C=CCNC(=O)C1CCCN1C(=O)c1ccc(NS(=O)(=O)c2ccc(C)cc2)cc1. The van der Waals surface area contributed by atoms with E-state index in [0.29, 0.717) is 30.8 Å². The molecular weight excluding hydrogens is 402 g/mol. The topological polar surface area (TPSA) is 95.6 Å². The van der Waals surface area contributed by atoms with Crippen LogP contribution >= 0.6 is 0 Å². The van der Waals surface area contributed by atoms with Crippen LogP contribution < -0.4 is 10.0 Å². The van der Waals surface area contributed by atoms with Gasteiger partial charge in [-0.05, 0) is 56.2 Å². The molecule has 8 heteroatoms. The zero-order valence-corrected chi connectivity index (χ0v) is 17.6. The van der Waals surface area contributed by atoms with E-state index in [0.717, 1.165) is 12.0 Å². The molecule has 0 aliphatic carbocycles. The Morgan fingerprint density at radius 1 is 1.13 bits per heavy atom. The summed E-state index contributed by atoms with van der Waals surface area (Å²) in [6.45, 7) is 6.32. The van der Waals surface area contributed by atoms with E-state index < -0.39 is 16.1 Å². The van der Waals surface area contributed by atoms with Crippen molar-refractivity contribution in [1.29, 1.82) is 0 Å². The largest absolute Gasteiger partial charge is 0.351 e. The molecule has 1 heterocycles. The second-order valence-corrected chi connectivity index (χ2v) is 8.87. The van der Waals surface area contributed by atoms with E-state index in [4.69, 9.17) is 0 Å². The molecule has 30 heavy (non-hydrogen) atoms. The van der Waals surface area contributed by atoms with Crippen LogP contribution in [-0.2, 0) is 14.8 Å². The van der Waals surface area contributed by atoms with Gasteiger partial charge in [-0.3, -0.25) is 14.3 Å². The van der Waals surface area contributed by atoms with Crippen molar-refractivity contribution in [3.8, 4) is 0 Å². The number of amides is 2. The minimum absolute atomic E-state index is 0.165. The first-order valence-corrected chi connectivity index (χ1v) is 11.2. The summed E-state index contributed by atoms with van der Waals surface area (Å²) in [4.78, 5) is 26.9. The molecule has 158 valence electrons. The third-order valence-corrected chi connectivity index (χ3v) is 6.35. The number of hydrogen-bond donors (Lipinski definition) is 2. The highest BCUT2D eigenvalue weighted by molar-refractivity contribution is 7.92. The predicted molar refractivity (Wildman–Crippen MR) is 116 cm³/mol. The smallest absolute Gasteiger partial charge is 0.261 e. The van der Waals surface area contributed by atoms with Gasteiger partial charge < -0.3 is 10.2 Å². The van der Waals surface area contributed by atoms with Gasteiger partial charge in [0.15, 0.2) is 0 Å². The molecule has 0 aromatic heterocycles. The minimum atomic E-state index is -3.71. The third kappa shape index (κ3) is 4.88. The Kier molecular flexibility index (Phi) is 6.56. The fourth-order valence-electron chi connectivity index (χ4n) is 3.35. The summed E-state index contributed by atoms with van der Waals surface area (Å²) in [5.41, 5.74) is 1.72. The van der Waals surface area contributed by atoms with Gasteiger partial charge in [-0.1, -0.05) is 23.8 Å². The summed E-state index contributed by atoms with van der Waals surface area (Å²) in [7, 11) is -3.71. The Morgan fingerprint density at radius 3 is 2.43 bits per heavy atom. The van der Waals surface area contributed by atoms with Crippen molar-refractivity contribution in [2.24, 2.45) is 0 Å². The molecular formula is C22H25N3O4S. The number of nitrogens with zero attached hydrogens (tertiary/aromatic N) is 1. The van der Waals surface area contributed by atoms with E-state index in [9.17, 15) is 18.0 Å². The first-order chi connectivity index (χ1) is 14.3. The van der Waals surface area contributed by atoms with Gasteiger partial charge in [0.25, 0.3) is 15.9 Å². The number of benzene rings is 2. The molecule has 0 saturated carbocycles. The lowest BCUT2D eigenvalue weighted by Gasteiger charge is -2.24. The molecule has 1 aliphatic heterocycles. The van der Waals surface area contributed by atoms with E-state index in [1.54, 1.807) is 59.5 Å². The van der Waals surface area contributed by atoms with E-state index in [1.165, 1.54) is 0 Å². The lowest BCUT2D eigenvalue weighted by molar-refractivity contribution is -0.124. The number of rotatable bonds is 7. The lowest BCUT2D eigenvalue weighted by Crippen LogP contribution is -2.46. The van der Waals surface area contributed by atoms with E-state index in [-0.39, 0.29) is 16.7 Å². The molecule has 2 aromatic rings. The summed E-state index contributed by atoms with van der Waals surface area (Å²) in [6, 6.07) is 12.3. The highest BCUT2D eigenvalue weighted by Gasteiger charge is 2.34. The first kappa shape index (κ1) is 21.6. The van der Waals surface area contributed by atoms with Gasteiger partial charge in [0, 0.05) is 24.3 Å². The standard InChI is InChI=1S/C22H25N3O4S/c1-3-14-23-21(26)20-5-4-15-25(20)22(27)17-8-10-18(11-9-17)24-30(28,29)19-12-6-16(2)7-13-19/h3,6-13,20,24H,1,4-5,14-15H2,2H3,(H,23,26). The van der Waals surface area contributed by atoms with Crippen molar-refractivity contribution in [2.75, 3.05) is 17.8 Å². The van der Waals surface area contributed by atoms with Crippen molar-refractivity contribution in [3.63, 3.8) is 0 Å². The van der Waals surface area contributed by atoms with Crippen molar-refractivity contribution >= 4 is 27.5 Å². The van der Waals surface area contributed by atoms with Crippen LogP contribution in [0, 0.1) is 6.92 Å². The minimum Gasteiger partial charge on any atom is -0.351 e. The van der Waals surface area contributed by atoms with Crippen LogP contribution in [-0.4, -0.2) is 44.3 Å². The van der Waals surface area contributed by atoms with Gasteiger partial charge in [-0.25, -0.2) is 8.42 Å². The van der Waals surface area contributed by atoms with Gasteiger partial charge in [0.2, 0.25) is 5.91 Å². The van der Waals surface area contributed by atoms with E-state index in [1.807, 2.05) is 6.92 Å². The zero-order chi connectivity index (χ0) is 21.7. The van der Waals surface area contributed by atoms with E-state index in [2.05, 4.69) is 16.6 Å². The molecule has 1 atom stereocenters. The van der Waals surface area contributed by atoms with Crippen LogP contribution in [0.1, 0.15) is 28.8 Å². The molecule has 2 N–H and O–H groups in total. The lowest BCUT2D eigenvalue weighted by atomic mass is 10.1. The number of carbonyl (C=O) groups excluding carboxylic acids is 2. The number of sulfonamides is 1. The van der Waals surface area contributed by atoms with Gasteiger partial charge in [-0.15, -0.1) is 6.58 Å². The highest BCUT2D eigenvalue weighted by atomic mass is 32.2. The van der Waals surface area contributed by atoms with Gasteiger partial charge >= 0.3 is 0 Å². The molecule has 1 aliphatic rings. The molecule has 3 rings (SSSR count). The second-order valence-electron chi connectivity index (χ2n) is 7.19. The van der Waals surface area contributed by atoms with Crippen LogP contribution in [0.15, 0.2) is 66.1 Å². The number of nitrogens with one attached hydrogen (secondary N) is 2. The molecule has 2 amide bonds. The van der Waals surface area contributed by atoms with Gasteiger partial charge in [-0.2, -0.15) is 0 Å². The van der Waals surface area contributed by atoms with Crippen molar-refractivity contribution < 1.29 is 18.0 Å². The number of carbonyl (C=O) groups is 2. The quantitative estimate of drug-likeness (QED) is 0.664. The summed E-state index contributed by atoms with van der Waals surface area (Å²) in [5, 5.41) is 2.74. The highest BCUT2D eigenvalue weighted by Crippen LogP contribution is 2.22. The Morgan fingerprint density at radius 2 is 1.80 bits per heavy atom. The normalized spacial score (nSPS) is 16.2. The van der Waals surface area contributed by atoms with Crippen LogP contribution in [0.2, 0.25) is 0 Å².